The summed E-state index contributed by atoms with van der Waals surface area (Å²) >= 11 is 3.65. The smallest absolute Gasteiger partial charge is 0.0537 e. The van der Waals surface area contributed by atoms with E-state index in [1.807, 2.05) is 11.8 Å². The van der Waals surface area contributed by atoms with Crippen LogP contribution in [-0.2, 0) is 6.42 Å². The summed E-state index contributed by atoms with van der Waals surface area (Å²) in [5.41, 5.74) is 3.89. The average molecular weight is 287 g/mol. The molecule has 1 heterocycles. The lowest BCUT2D eigenvalue weighted by Gasteiger charge is -2.22. The van der Waals surface area contributed by atoms with Gasteiger partial charge in [-0.3, -0.25) is 0 Å². The molecule has 0 amide bonds. The second-order valence-corrected chi connectivity index (χ2v) is 6.63. The SMILES string of the molecule is CCCc1ccc2c(c1)Sc1ccc(SC)cc1N2. The Kier molecular flexibility index (Phi) is 3.76. The number of hydrogen-bond acceptors (Lipinski definition) is 3. The average Bonchev–Trinajstić information content (AvgIpc) is 2.45. The maximum absolute atomic E-state index is 3.55. The minimum Gasteiger partial charge on any atom is -0.354 e. The summed E-state index contributed by atoms with van der Waals surface area (Å²) in [6.45, 7) is 2.23. The second kappa shape index (κ2) is 5.51. The van der Waals surface area contributed by atoms with Crippen molar-refractivity contribution in [2.75, 3.05) is 11.6 Å². The Morgan fingerprint density at radius 3 is 2.74 bits per heavy atom. The first-order valence-corrected chi connectivity index (χ1v) is 8.60. The van der Waals surface area contributed by atoms with Gasteiger partial charge in [-0.1, -0.05) is 31.2 Å². The molecule has 0 spiro atoms. The molecule has 0 atom stereocenters. The third-order valence-electron chi connectivity index (χ3n) is 3.26. The monoisotopic (exact) mass is 287 g/mol. The minimum absolute atomic E-state index is 1.16. The topological polar surface area (TPSA) is 12.0 Å². The van der Waals surface area contributed by atoms with Crippen LogP contribution in [0.4, 0.5) is 11.4 Å². The van der Waals surface area contributed by atoms with Gasteiger partial charge in [-0.15, -0.1) is 11.8 Å². The lowest BCUT2D eigenvalue weighted by atomic mass is 10.1. The summed E-state index contributed by atoms with van der Waals surface area (Å²) < 4.78 is 0. The van der Waals surface area contributed by atoms with Crippen molar-refractivity contribution in [3.8, 4) is 0 Å². The molecule has 1 nitrogen and oxygen atoms in total. The molecule has 19 heavy (non-hydrogen) atoms. The predicted molar refractivity (Wildman–Crippen MR) is 86.1 cm³/mol. The summed E-state index contributed by atoms with van der Waals surface area (Å²) in [5, 5.41) is 3.55. The highest BCUT2D eigenvalue weighted by molar-refractivity contribution is 8.00. The molecule has 0 unspecified atom stereocenters. The Balaban J connectivity index is 1.94. The number of anilines is 2. The van der Waals surface area contributed by atoms with Crippen LogP contribution in [0.2, 0.25) is 0 Å². The third-order valence-corrected chi connectivity index (χ3v) is 5.12. The molecule has 0 saturated carbocycles. The van der Waals surface area contributed by atoms with Crippen LogP contribution in [0.3, 0.4) is 0 Å². The van der Waals surface area contributed by atoms with Gasteiger partial charge >= 0.3 is 0 Å². The van der Waals surface area contributed by atoms with Gasteiger partial charge in [0.2, 0.25) is 0 Å². The van der Waals surface area contributed by atoms with Crippen LogP contribution in [0, 0.1) is 0 Å². The predicted octanol–water partition coefficient (Wildman–Crippen LogP) is 5.57. The maximum Gasteiger partial charge on any atom is 0.0537 e. The highest BCUT2D eigenvalue weighted by atomic mass is 32.2. The molecule has 0 aromatic heterocycles. The molecule has 1 aliphatic rings. The van der Waals surface area contributed by atoms with E-state index in [1.54, 1.807) is 11.8 Å². The number of aryl methyl sites for hydroxylation is 1. The molecule has 0 saturated heterocycles. The summed E-state index contributed by atoms with van der Waals surface area (Å²) in [7, 11) is 0. The van der Waals surface area contributed by atoms with Gasteiger partial charge in [0.05, 0.1) is 11.4 Å². The van der Waals surface area contributed by atoms with Crippen molar-refractivity contribution in [3.05, 3.63) is 42.0 Å². The standard InChI is InChI=1S/C16H17NS2/c1-3-4-11-5-7-13-16(9-11)19-15-8-6-12(18-2)10-14(15)17-13/h5-10,17H,3-4H2,1-2H3. The van der Waals surface area contributed by atoms with Crippen molar-refractivity contribution in [1.29, 1.82) is 0 Å². The fraction of sp³-hybridized carbons (Fsp3) is 0.250. The van der Waals surface area contributed by atoms with Crippen LogP contribution in [0.25, 0.3) is 0 Å². The van der Waals surface area contributed by atoms with Gasteiger partial charge in [-0.25, -0.2) is 0 Å². The molecule has 0 aliphatic carbocycles. The van der Waals surface area contributed by atoms with E-state index >= 15 is 0 Å². The van der Waals surface area contributed by atoms with E-state index in [-0.39, 0.29) is 0 Å². The number of rotatable bonds is 3. The zero-order valence-electron chi connectivity index (χ0n) is 11.2. The summed E-state index contributed by atoms with van der Waals surface area (Å²) in [6.07, 6.45) is 4.47. The molecule has 0 radical (unpaired) electrons. The Bertz CT molecular complexity index is 608. The molecule has 0 fully saturated rings. The molecular formula is C16H17NS2. The van der Waals surface area contributed by atoms with Crippen molar-refractivity contribution >= 4 is 34.9 Å². The van der Waals surface area contributed by atoms with Crippen LogP contribution >= 0.6 is 23.5 Å². The molecule has 2 aromatic carbocycles. The quantitative estimate of drug-likeness (QED) is 0.632. The van der Waals surface area contributed by atoms with Crippen molar-refractivity contribution in [2.45, 2.75) is 34.5 Å². The zero-order chi connectivity index (χ0) is 13.2. The molecular weight excluding hydrogens is 270 g/mol. The minimum atomic E-state index is 1.16. The van der Waals surface area contributed by atoms with Crippen LogP contribution in [0.15, 0.2) is 51.1 Å². The van der Waals surface area contributed by atoms with Crippen molar-refractivity contribution in [2.24, 2.45) is 0 Å². The van der Waals surface area contributed by atoms with E-state index in [2.05, 4.69) is 54.9 Å². The van der Waals surface area contributed by atoms with Gasteiger partial charge in [0, 0.05) is 14.7 Å². The molecule has 3 rings (SSSR count). The molecule has 0 bridgehead atoms. The van der Waals surface area contributed by atoms with Gasteiger partial charge in [-0.05, 0) is 48.6 Å². The van der Waals surface area contributed by atoms with E-state index in [0.717, 1.165) is 6.42 Å². The van der Waals surface area contributed by atoms with Gasteiger partial charge in [-0.2, -0.15) is 0 Å². The van der Waals surface area contributed by atoms with Crippen LogP contribution in [0.5, 0.6) is 0 Å². The van der Waals surface area contributed by atoms with E-state index in [1.165, 1.54) is 38.0 Å². The normalized spacial score (nSPS) is 12.5. The Hall–Kier alpha value is -1.06. The van der Waals surface area contributed by atoms with Gasteiger partial charge in [0.25, 0.3) is 0 Å². The maximum atomic E-state index is 3.55. The van der Waals surface area contributed by atoms with E-state index in [0.29, 0.717) is 0 Å². The highest BCUT2D eigenvalue weighted by Gasteiger charge is 2.16. The Morgan fingerprint density at radius 1 is 1.05 bits per heavy atom. The summed E-state index contributed by atoms with van der Waals surface area (Å²) in [5.74, 6) is 0. The fourth-order valence-electron chi connectivity index (χ4n) is 2.28. The lowest BCUT2D eigenvalue weighted by Crippen LogP contribution is -2.00. The fourth-order valence-corrected chi connectivity index (χ4v) is 3.76. The van der Waals surface area contributed by atoms with Crippen LogP contribution < -0.4 is 5.32 Å². The van der Waals surface area contributed by atoms with Gasteiger partial charge < -0.3 is 5.32 Å². The summed E-state index contributed by atoms with van der Waals surface area (Å²) in [6, 6.07) is 13.4. The first-order valence-electron chi connectivity index (χ1n) is 6.56. The number of hydrogen-bond donors (Lipinski definition) is 1. The van der Waals surface area contributed by atoms with Crippen LogP contribution in [0.1, 0.15) is 18.9 Å². The Labute approximate surface area is 123 Å². The van der Waals surface area contributed by atoms with E-state index in [4.69, 9.17) is 0 Å². The van der Waals surface area contributed by atoms with Crippen molar-refractivity contribution in [1.82, 2.24) is 0 Å². The lowest BCUT2D eigenvalue weighted by molar-refractivity contribution is 0.918. The number of fused-ring (bicyclic) bond motifs is 2. The molecule has 98 valence electrons. The molecule has 1 N–H and O–H groups in total. The largest absolute Gasteiger partial charge is 0.354 e. The Morgan fingerprint density at radius 2 is 1.95 bits per heavy atom. The number of thioether (sulfide) groups is 1. The van der Waals surface area contributed by atoms with Crippen molar-refractivity contribution < 1.29 is 0 Å². The second-order valence-electron chi connectivity index (χ2n) is 4.67. The van der Waals surface area contributed by atoms with E-state index in [9.17, 15) is 0 Å². The van der Waals surface area contributed by atoms with Gasteiger partial charge in [0.1, 0.15) is 0 Å². The summed E-state index contributed by atoms with van der Waals surface area (Å²) in [4.78, 5) is 3.97. The molecule has 2 aromatic rings. The number of benzene rings is 2. The molecule has 3 heteroatoms. The zero-order valence-corrected chi connectivity index (χ0v) is 12.8. The molecule has 1 aliphatic heterocycles. The number of nitrogens with one attached hydrogen (secondary N) is 1. The third kappa shape index (κ3) is 2.63. The highest BCUT2D eigenvalue weighted by Crippen LogP contribution is 2.45. The first kappa shape index (κ1) is 12.9. The van der Waals surface area contributed by atoms with E-state index < -0.39 is 0 Å². The van der Waals surface area contributed by atoms with Crippen molar-refractivity contribution in [3.63, 3.8) is 0 Å². The van der Waals surface area contributed by atoms with Gasteiger partial charge in [0.15, 0.2) is 0 Å². The first-order chi connectivity index (χ1) is 9.30. The van der Waals surface area contributed by atoms with Crippen LogP contribution in [-0.4, -0.2) is 6.26 Å².